The number of esters is 1. The molecule has 8 atom stereocenters. The van der Waals surface area contributed by atoms with Crippen LogP contribution in [0.1, 0.15) is 58.6 Å². The average Bonchev–Trinajstić information content (AvgIpc) is 3.60. The zero-order chi connectivity index (χ0) is 31.1. The number of fused-ring (bicyclic) bond motifs is 5. The predicted molar refractivity (Wildman–Crippen MR) is 164 cm³/mol. The highest BCUT2D eigenvalue weighted by Crippen LogP contribution is 2.49. The second-order valence-corrected chi connectivity index (χ2v) is 13.3. The van der Waals surface area contributed by atoms with Crippen LogP contribution in [0.3, 0.4) is 0 Å². The van der Waals surface area contributed by atoms with E-state index in [1.807, 2.05) is 58.1 Å². The molecule has 0 saturated carbocycles. The number of aliphatic hydroxyl groups is 1. The highest BCUT2D eigenvalue weighted by Gasteiger charge is 2.64. The minimum absolute atomic E-state index is 0.119. The Morgan fingerprint density at radius 2 is 1.98 bits per heavy atom. The normalized spacial score (nSPS) is 36.5. The Morgan fingerprint density at radius 1 is 1.29 bits per heavy atom. The van der Waals surface area contributed by atoms with E-state index in [1.54, 1.807) is 20.9 Å². The molecule has 1 aromatic carbocycles. The predicted octanol–water partition coefficient (Wildman–Crippen LogP) is 4.91. The zero-order valence-electron chi connectivity index (χ0n) is 25.1. The molecule has 0 aliphatic carbocycles. The van der Waals surface area contributed by atoms with Crippen molar-refractivity contribution in [2.45, 2.75) is 95.7 Å². The number of amides is 2. The molecular weight excluding hydrogens is 580 g/mol. The zero-order valence-corrected chi connectivity index (χ0v) is 26.8. The lowest BCUT2D eigenvalue weighted by Crippen LogP contribution is -2.60. The topological polar surface area (TPSA) is 118 Å². The summed E-state index contributed by atoms with van der Waals surface area (Å²) < 4.78 is 17.6. The van der Waals surface area contributed by atoms with Crippen LogP contribution in [0.25, 0.3) is 0 Å². The van der Waals surface area contributed by atoms with Gasteiger partial charge in [0, 0.05) is 25.3 Å². The molecule has 0 radical (unpaired) electrons. The van der Waals surface area contributed by atoms with Gasteiger partial charge in [0.05, 0.1) is 28.5 Å². The lowest BCUT2D eigenvalue weighted by atomic mass is 9.82. The third kappa shape index (κ3) is 6.67. The van der Waals surface area contributed by atoms with Crippen LogP contribution in [0.15, 0.2) is 35.9 Å². The Kier molecular flexibility index (Phi) is 9.43. The summed E-state index contributed by atoms with van der Waals surface area (Å²) >= 11 is 10.9. The maximum absolute atomic E-state index is 13.7. The van der Waals surface area contributed by atoms with Gasteiger partial charge in [0.2, 0.25) is 5.91 Å². The number of ether oxygens (including phenoxy) is 3. The molecule has 0 aromatic heterocycles. The van der Waals surface area contributed by atoms with Gasteiger partial charge >= 0.3 is 12.1 Å². The van der Waals surface area contributed by atoms with Crippen molar-refractivity contribution in [1.82, 2.24) is 5.32 Å². The fraction of sp³-hybridized carbons (Fsp3) is 0.581. The Morgan fingerprint density at radius 3 is 2.64 bits per heavy atom. The number of thiol groups is 1. The fourth-order valence-electron chi connectivity index (χ4n) is 5.79. The van der Waals surface area contributed by atoms with Crippen molar-refractivity contribution in [3.05, 3.63) is 52.1 Å². The molecule has 230 valence electrons. The van der Waals surface area contributed by atoms with Gasteiger partial charge in [-0.2, -0.15) is 12.6 Å². The van der Waals surface area contributed by atoms with Gasteiger partial charge in [0.25, 0.3) is 0 Å². The number of nitrogens with zero attached hydrogens (tertiary/aromatic N) is 1. The molecule has 3 aliphatic heterocycles. The van der Waals surface area contributed by atoms with E-state index in [1.165, 1.54) is 4.90 Å². The summed E-state index contributed by atoms with van der Waals surface area (Å²) in [5.74, 6) is -1.71. The van der Waals surface area contributed by atoms with Gasteiger partial charge in [-0.05, 0) is 51.3 Å². The van der Waals surface area contributed by atoms with E-state index in [0.717, 1.165) is 16.7 Å². The van der Waals surface area contributed by atoms with Crippen molar-refractivity contribution in [3.63, 3.8) is 0 Å². The van der Waals surface area contributed by atoms with Gasteiger partial charge in [-0.25, -0.2) is 4.79 Å². The number of nitrogens with one attached hydrogen (secondary N) is 1. The van der Waals surface area contributed by atoms with Gasteiger partial charge in [-0.1, -0.05) is 55.3 Å². The number of hydrogen-bond donors (Lipinski definition) is 3. The lowest BCUT2D eigenvalue weighted by molar-refractivity contribution is -0.152. The van der Waals surface area contributed by atoms with Crippen molar-refractivity contribution >= 4 is 47.9 Å². The minimum atomic E-state index is -1.55. The van der Waals surface area contributed by atoms with Gasteiger partial charge < -0.3 is 24.2 Å². The summed E-state index contributed by atoms with van der Waals surface area (Å²) in [6, 6.07) is 3.88. The van der Waals surface area contributed by atoms with Crippen molar-refractivity contribution in [2.75, 3.05) is 11.9 Å². The number of aryl methyl sites for hydroxylation is 1. The van der Waals surface area contributed by atoms with Crippen LogP contribution in [0.5, 0.6) is 0 Å². The fourth-order valence-corrected chi connectivity index (χ4v) is 6.08. The Bertz CT molecular complexity index is 1320. The summed E-state index contributed by atoms with van der Waals surface area (Å²) in [5.41, 5.74) is 0.812. The molecule has 4 bridgehead atoms. The number of rotatable bonds is 2. The van der Waals surface area contributed by atoms with Gasteiger partial charge in [-0.3, -0.25) is 14.9 Å². The van der Waals surface area contributed by atoms with E-state index in [4.69, 9.17) is 25.8 Å². The van der Waals surface area contributed by atoms with Crippen LogP contribution in [0.2, 0.25) is 5.02 Å². The summed E-state index contributed by atoms with van der Waals surface area (Å²) in [7, 11) is 1.65. The van der Waals surface area contributed by atoms with Crippen molar-refractivity contribution < 1.29 is 33.7 Å². The molecular formula is C31H41ClN2O7S. The highest BCUT2D eigenvalue weighted by molar-refractivity contribution is 7.81. The minimum Gasteiger partial charge on any atom is -0.458 e. The first-order chi connectivity index (χ1) is 19.6. The first-order valence-corrected chi connectivity index (χ1v) is 15.1. The van der Waals surface area contributed by atoms with E-state index >= 15 is 0 Å². The van der Waals surface area contributed by atoms with E-state index < -0.39 is 52.9 Å². The smallest absolute Gasteiger partial charge is 0.409 e. The lowest BCUT2D eigenvalue weighted by Gasteiger charge is -2.41. The van der Waals surface area contributed by atoms with Crippen LogP contribution in [0.4, 0.5) is 10.5 Å². The number of anilines is 1. The molecule has 2 amide bonds. The second-order valence-electron chi connectivity index (χ2n) is 12.1. The molecule has 3 aliphatic rings. The molecule has 3 heterocycles. The number of alkyl carbamates (subject to hydrolysis) is 1. The van der Waals surface area contributed by atoms with E-state index in [0.29, 0.717) is 17.1 Å². The van der Waals surface area contributed by atoms with Gasteiger partial charge in [0.1, 0.15) is 23.5 Å². The maximum atomic E-state index is 13.7. The largest absolute Gasteiger partial charge is 0.458 e. The van der Waals surface area contributed by atoms with E-state index in [9.17, 15) is 19.5 Å². The number of carbonyl (C=O) groups is 3. The van der Waals surface area contributed by atoms with Gasteiger partial charge in [-0.15, -0.1) is 0 Å². The second kappa shape index (κ2) is 12.2. The number of halogens is 1. The van der Waals surface area contributed by atoms with Gasteiger partial charge in [0.15, 0.2) is 0 Å². The number of allylic oxidation sites excluding steroid dienone is 3. The van der Waals surface area contributed by atoms with Crippen molar-refractivity contribution in [1.29, 1.82) is 0 Å². The molecule has 4 rings (SSSR count). The third-order valence-electron chi connectivity index (χ3n) is 8.69. The van der Waals surface area contributed by atoms with E-state index in [2.05, 4.69) is 17.9 Å². The SMILES string of the molecule is C/C1=C\C=C\C(C)C2(O)CC(OC(=O)N2)C(C)C2OC2(C)C(OC(=O)C(C)S)CC(=O)N(C)c2cc(cc(C)c2Cl)C1. The molecule has 2 N–H and O–H groups in total. The van der Waals surface area contributed by atoms with Crippen molar-refractivity contribution in [2.24, 2.45) is 11.8 Å². The molecule has 11 heteroatoms. The Balaban J connectivity index is 1.77. The molecule has 42 heavy (non-hydrogen) atoms. The highest BCUT2D eigenvalue weighted by atomic mass is 35.5. The molecule has 9 nitrogen and oxygen atoms in total. The van der Waals surface area contributed by atoms with Crippen LogP contribution in [-0.4, -0.2) is 65.0 Å². The molecule has 2 fully saturated rings. The Hall–Kier alpha value is -2.53. The van der Waals surface area contributed by atoms with Crippen LogP contribution >= 0.6 is 24.2 Å². The van der Waals surface area contributed by atoms with E-state index in [-0.39, 0.29) is 24.7 Å². The average molecular weight is 621 g/mol. The standard InChI is InChI=1S/C31H41ClN2O7S/c1-16-9-8-10-18(3)31(38)15-23(39-29(37)33-31)19(4)27-30(6,41-27)24(40-28(36)20(5)42)14-25(35)34(7)22-13-21(11-16)12-17(2)26(22)32/h8-10,12-13,18-20,23-24,27,38,42H,11,14-15H2,1-7H3,(H,33,37)/b10-8+,16-9+. The molecule has 1 aromatic rings. The summed E-state index contributed by atoms with van der Waals surface area (Å²) in [5, 5.41) is 13.8. The number of benzene rings is 1. The summed E-state index contributed by atoms with van der Waals surface area (Å²) in [6.45, 7) is 10.9. The number of carbonyl (C=O) groups excluding carboxylic acids is 3. The van der Waals surface area contributed by atoms with Crippen LogP contribution in [-0.2, 0) is 30.2 Å². The Labute approximate surface area is 258 Å². The first-order valence-electron chi connectivity index (χ1n) is 14.2. The molecule has 0 spiro atoms. The summed E-state index contributed by atoms with van der Waals surface area (Å²) in [4.78, 5) is 40.5. The van der Waals surface area contributed by atoms with Crippen LogP contribution in [0, 0.1) is 18.8 Å². The maximum Gasteiger partial charge on any atom is 0.409 e. The number of hydrogen-bond acceptors (Lipinski definition) is 8. The van der Waals surface area contributed by atoms with Crippen molar-refractivity contribution in [3.8, 4) is 0 Å². The number of epoxide rings is 1. The quantitative estimate of drug-likeness (QED) is 0.244. The summed E-state index contributed by atoms with van der Waals surface area (Å²) in [6.07, 6.45) is 3.35. The first kappa shape index (κ1) is 32.4. The monoisotopic (exact) mass is 620 g/mol. The van der Waals surface area contributed by atoms with Crippen LogP contribution < -0.4 is 10.2 Å². The third-order valence-corrected chi connectivity index (χ3v) is 9.39. The molecule has 8 unspecified atom stereocenters. The molecule has 2 saturated heterocycles.